The predicted octanol–water partition coefficient (Wildman–Crippen LogP) is 5.26. The zero-order chi connectivity index (χ0) is 13.8. The van der Waals surface area contributed by atoms with Crippen LogP contribution in [-0.2, 0) is 0 Å². The van der Waals surface area contributed by atoms with Crippen molar-refractivity contribution in [3.8, 4) is 0 Å². The average Bonchev–Trinajstić information content (AvgIpc) is 2.58. The zero-order valence-corrected chi connectivity index (χ0v) is 15.8. The van der Waals surface area contributed by atoms with E-state index in [0.717, 1.165) is 19.1 Å². The molecule has 1 aromatic carbocycles. The minimum absolute atomic E-state index is 0.560. The van der Waals surface area contributed by atoms with Crippen LogP contribution in [0.3, 0.4) is 0 Å². The Hall–Kier alpha value is 0.420. The fourth-order valence-corrected chi connectivity index (χ4v) is 4.99. The number of hydrogen-bond donors (Lipinski definition) is 1. The van der Waals surface area contributed by atoms with Gasteiger partial charge in [0.1, 0.15) is 0 Å². The van der Waals surface area contributed by atoms with Crippen LogP contribution in [0, 0.1) is 0 Å². The van der Waals surface area contributed by atoms with E-state index in [1.54, 1.807) is 0 Å². The van der Waals surface area contributed by atoms with E-state index in [1.165, 1.54) is 38.9 Å². The largest absolute Gasteiger partial charge is 0.380 e. The van der Waals surface area contributed by atoms with Crippen LogP contribution in [0.15, 0.2) is 25.6 Å². The molecule has 5 heteroatoms. The van der Waals surface area contributed by atoms with Crippen molar-refractivity contribution in [1.29, 1.82) is 0 Å². The third kappa shape index (κ3) is 4.45. The van der Waals surface area contributed by atoms with E-state index in [1.807, 2.05) is 0 Å². The second-order valence-corrected chi connectivity index (χ2v) is 7.58. The van der Waals surface area contributed by atoms with Crippen molar-refractivity contribution in [2.45, 2.75) is 32.2 Å². The number of nitrogens with zero attached hydrogens (tertiary/aromatic N) is 1. The number of rotatable bonds is 3. The summed E-state index contributed by atoms with van der Waals surface area (Å²) >= 11 is 10.8. The Morgan fingerprint density at radius 2 is 1.84 bits per heavy atom. The van der Waals surface area contributed by atoms with Gasteiger partial charge in [-0.25, -0.2) is 0 Å². The van der Waals surface area contributed by atoms with Gasteiger partial charge in [-0.2, -0.15) is 0 Å². The minimum Gasteiger partial charge on any atom is -0.380 e. The standard InChI is InChI=1S/C14H19Br3N2/c1-2-19-6-3-4-11(5-7-19)18-14-12(16)8-10(15)9-13(14)17/h8-9,11,18H,2-7H2,1H3. The van der Waals surface area contributed by atoms with Gasteiger partial charge >= 0.3 is 0 Å². The molecule has 1 unspecified atom stereocenters. The normalized spacial score (nSPS) is 21.2. The molecule has 1 atom stereocenters. The molecule has 2 nitrogen and oxygen atoms in total. The zero-order valence-electron chi connectivity index (χ0n) is 11.1. The summed E-state index contributed by atoms with van der Waals surface area (Å²) < 4.78 is 3.28. The first-order valence-electron chi connectivity index (χ1n) is 6.73. The maximum absolute atomic E-state index is 3.69. The van der Waals surface area contributed by atoms with Gasteiger partial charge in [0.15, 0.2) is 0 Å². The van der Waals surface area contributed by atoms with Gasteiger partial charge < -0.3 is 10.2 Å². The molecular weight excluding hydrogens is 436 g/mol. The van der Waals surface area contributed by atoms with E-state index >= 15 is 0 Å². The van der Waals surface area contributed by atoms with Crippen molar-refractivity contribution in [3.05, 3.63) is 25.6 Å². The summed E-state index contributed by atoms with van der Waals surface area (Å²) in [6, 6.07) is 4.73. The molecule has 1 N–H and O–H groups in total. The van der Waals surface area contributed by atoms with Crippen LogP contribution in [0.4, 0.5) is 5.69 Å². The fraction of sp³-hybridized carbons (Fsp3) is 0.571. The summed E-state index contributed by atoms with van der Waals surface area (Å²) in [6.07, 6.45) is 3.73. The lowest BCUT2D eigenvalue weighted by Crippen LogP contribution is -2.26. The van der Waals surface area contributed by atoms with Gasteiger partial charge in [-0.3, -0.25) is 0 Å². The van der Waals surface area contributed by atoms with Crippen LogP contribution in [0.1, 0.15) is 26.2 Å². The van der Waals surface area contributed by atoms with E-state index in [4.69, 9.17) is 0 Å². The minimum atomic E-state index is 0.560. The van der Waals surface area contributed by atoms with E-state index in [2.05, 4.69) is 77.1 Å². The van der Waals surface area contributed by atoms with E-state index in [0.29, 0.717) is 6.04 Å². The molecule has 19 heavy (non-hydrogen) atoms. The van der Waals surface area contributed by atoms with Gasteiger partial charge in [0.2, 0.25) is 0 Å². The van der Waals surface area contributed by atoms with Crippen LogP contribution in [0.25, 0.3) is 0 Å². The highest BCUT2D eigenvalue weighted by molar-refractivity contribution is 9.11. The molecule has 1 fully saturated rings. The van der Waals surface area contributed by atoms with Crippen LogP contribution in [0.5, 0.6) is 0 Å². The Labute approximate surface area is 140 Å². The Morgan fingerprint density at radius 1 is 1.16 bits per heavy atom. The van der Waals surface area contributed by atoms with Crippen LogP contribution >= 0.6 is 47.8 Å². The Kier molecular flexibility index (Phi) is 6.18. The number of hydrogen-bond acceptors (Lipinski definition) is 2. The SMILES string of the molecule is CCN1CCCC(Nc2c(Br)cc(Br)cc2Br)CC1. The molecule has 2 rings (SSSR count). The highest BCUT2D eigenvalue weighted by atomic mass is 79.9. The molecule has 1 aliphatic heterocycles. The van der Waals surface area contributed by atoms with Gasteiger partial charge in [-0.1, -0.05) is 22.9 Å². The van der Waals surface area contributed by atoms with Crippen LogP contribution in [0.2, 0.25) is 0 Å². The number of nitrogens with one attached hydrogen (secondary N) is 1. The van der Waals surface area contributed by atoms with Crippen molar-refractivity contribution < 1.29 is 0 Å². The van der Waals surface area contributed by atoms with E-state index in [9.17, 15) is 0 Å². The summed E-state index contributed by atoms with van der Waals surface area (Å²) in [6.45, 7) is 5.84. The van der Waals surface area contributed by atoms with Gasteiger partial charge in [-0.15, -0.1) is 0 Å². The molecule has 0 aliphatic carbocycles. The molecule has 0 saturated carbocycles. The Bertz CT molecular complexity index is 414. The molecule has 1 heterocycles. The van der Waals surface area contributed by atoms with Gasteiger partial charge in [0.05, 0.1) is 5.69 Å². The molecule has 0 amide bonds. The first-order chi connectivity index (χ1) is 9.10. The molecule has 1 saturated heterocycles. The number of halogens is 3. The predicted molar refractivity (Wildman–Crippen MR) is 92.9 cm³/mol. The average molecular weight is 455 g/mol. The summed E-state index contributed by atoms with van der Waals surface area (Å²) in [5.41, 5.74) is 1.16. The van der Waals surface area contributed by atoms with Crippen molar-refractivity contribution >= 4 is 53.5 Å². The highest BCUT2D eigenvalue weighted by Crippen LogP contribution is 2.35. The Morgan fingerprint density at radius 3 is 2.47 bits per heavy atom. The number of likely N-dealkylation sites (tertiary alicyclic amines) is 1. The third-order valence-electron chi connectivity index (χ3n) is 3.62. The summed E-state index contributed by atoms with van der Waals surface area (Å²) in [5, 5.41) is 3.69. The molecule has 0 radical (unpaired) electrons. The first kappa shape index (κ1) is 15.8. The fourth-order valence-electron chi connectivity index (χ4n) is 2.50. The van der Waals surface area contributed by atoms with E-state index in [-0.39, 0.29) is 0 Å². The molecule has 106 valence electrons. The number of anilines is 1. The maximum Gasteiger partial charge on any atom is 0.0631 e. The lowest BCUT2D eigenvalue weighted by molar-refractivity contribution is 0.300. The van der Waals surface area contributed by atoms with Gasteiger partial charge in [0.25, 0.3) is 0 Å². The molecule has 1 aliphatic rings. The second-order valence-electron chi connectivity index (χ2n) is 4.95. The molecule has 0 bridgehead atoms. The number of benzene rings is 1. The summed E-state index contributed by atoms with van der Waals surface area (Å²) in [7, 11) is 0. The molecular formula is C14H19Br3N2. The Balaban J connectivity index is 2.05. The highest BCUT2D eigenvalue weighted by Gasteiger charge is 2.17. The van der Waals surface area contributed by atoms with Crippen LogP contribution in [-0.4, -0.2) is 30.6 Å². The third-order valence-corrected chi connectivity index (χ3v) is 5.33. The smallest absolute Gasteiger partial charge is 0.0631 e. The van der Waals surface area contributed by atoms with Crippen LogP contribution < -0.4 is 5.32 Å². The lowest BCUT2D eigenvalue weighted by Gasteiger charge is -2.21. The molecule has 1 aromatic rings. The van der Waals surface area contributed by atoms with Crippen molar-refractivity contribution in [2.75, 3.05) is 25.0 Å². The van der Waals surface area contributed by atoms with Gasteiger partial charge in [-0.05, 0) is 76.3 Å². The molecule has 0 spiro atoms. The summed E-state index contributed by atoms with van der Waals surface area (Å²) in [4.78, 5) is 2.54. The van der Waals surface area contributed by atoms with Crippen molar-refractivity contribution in [1.82, 2.24) is 4.90 Å². The van der Waals surface area contributed by atoms with E-state index < -0.39 is 0 Å². The first-order valence-corrected chi connectivity index (χ1v) is 9.11. The second kappa shape index (κ2) is 7.43. The topological polar surface area (TPSA) is 15.3 Å². The summed E-state index contributed by atoms with van der Waals surface area (Å²) in [5.74, 6) is 0. The van der Waals surface area contributed by atoms with Crippen molar-refractivity contribution in [2.24, 2.45) is 0 Å². The lowest BCUT2D eigenvalue weighted by atomic mass is 10.1. The van der Waals surface area contributed by atoms with Gasteiger partial charge in [0, 0.05) is 26.0 Å². The monoisotopic (exact) mass is 452 g/mol. The maximum atomic E-state index is 3.69. The quantitative estimate of drug-likeness (QED) is 0.670. The van der Waals surface area contributed by atoms with Crippen molar-refractivity contribution in [3.63, 3.8) is 0 Å². The molecule has 0 aromatic heterocycles.